The summed E-state index contributed by atoms with van der Waals surface area (Å²) in [5.41, 5.74) is 0.584. The Morgan fingerprint density at radius 3 is 2.41 bits per heavy atom. The summed E-state index contributed by atoms with van der Waals surface area (Å²) in [7, 11) is -1.73. The van der Waals surface area contributed by atoms with Crippen LogP contribution >= 0.6 is 0 Å². The molecular formula is C28H50O3Si. The first kappa shape index (κ1) is 24.9. The zero-order chi connectivity index (χ0) is 23.7. The van der Waals surface area contributed by atoms with Crippen LogP contribution in [-0.4, -0.2) is 31.9 Å². The first-order valence-electron chi connectivity index (χ1n) is 13.5. The summed E-state index contributed by atoms with van der Waals surface area (Å²) >= 11 is 0. The van der Waals surface area contributed by atoms with E-state index >= 15 is 0 Å². The first-order chi connectivity index (χ1) is 14.7. The van der Waals surface area contributed by atoms with Gasteiger partial charge in [-0.05, 0) is 103 Å². The number of carbonyl (C=O) groups excluding carboxylic acids is 1. The number of Topliss-reactive ketones (excluding diaryl/α,β-unsaturated/α-hetero) is 1. The van der Waals surface area contributed by atoms with E-state index in [1.807, 2.05) is 0 Å². The monoisotopic (exact) mass is 462 g/mol. The number of hydrogen-bond donors (Lipinski definition) is 1. The third-order valence-corrected chi connectivity index (χ3v) is 16.3. The van der Waals surface area contributed by atoms with Crippen molar-refractivity contribution in [1.82, 2.24) is 0 Å². The van der Waals surface area contributed by atoms with Gasteiger partial charge >= 0.3 is 0 Å². The van der Waals surface area contributed by atoms with Crippen molar-refractivity contribution in [3.8, 4) is 0 Å². The molecule has 0 amide bonds. The van der Waals surface area contributed by atoms with Gasteiger partial charge in [-0.1, -0.05) is 41.5 Å². The molecule has 4 rings (SSSR count). The van der Waals surface area contributed by atoms with Gasteiger partial charge in [0.25, 0.3) is 0 Å². The Balaban J connectivity index is 1.50. The molecule has 0 aliphatic heterocycles. The maximum Gasteiger partial charge on any atom is 0.191 e. The molecule has 0 radical (unpaired) electrons. The van der Waals surface area contributed by atoms with Gasteiger partial charge in [0.15, 0.2) is 8.32 Å². The van der Waals surface area contributed by atoms with Gasteiger partial charge in [-0.3, -0.25) is 4.79 Å². The number of aliphatic hydroxyl groups excluding tert-OH is 1. The molecule has 9 atom stereocenters. The predicted octanol–water partition coefficient (Wildman–Crippen LogP) is 6.84. The minimum Gasteiger partial charge on any atom is -0.417 e. The summed E-state index contributed by atoms with van der Waals surface area (Å²) in [5, 5.41) is 11.7. The number of carbonyl (C=O) groups is 1. The highest BCUT2D eigenvalue weighted by Gasteiger charge is 2.63. The van der Waals surface area contributed by atoms with Crippen LogP contribution in [0.25, 0.3) is 0 Å². The van der Waals surface area contributed by atoms with E-state index in [1.165, 1.54) is 25.7 Å². The van der Waals surface area contributed by atoms with Gasteiger partial charge in [-0.2, -0.15) is 0 Å². The summed E-state index contributed by atoms with van der Waals surface area (Å²) in [6.07, 6.45) is 8.24. The third-order valence-electron chi connectivity index (χ3n) is 11.8. The van der Waals surface area contributed by atoms with Crippen molar-refractivity contribution < 1.29 is 14.3 Å². The van der Waals surface area contributed by atoms with Gasteiger partial charge < -0.3 is 9.53 Å². The number of aliphatic hydroxyl groups is 1. The Labute approximate surface area is 198 Å². The van der Waals surface area contributed by atoms with Crippen molar-refractivity contribution in [2.75, 3.05) is 6.61 Å². The van der Waals surface area contributed by atoms with Gasteiger partial charge in [-0.15, -0.1) is 0 Å². The zero-order valence-electron chi connectivity index (χ0n) is 22.2. The smallest absolute Gasteiger partial charge is 0.191 e. The molecule has 4 aliphatic carbocycles. The molecule has 4 saturated carbocycles. The summed E-state index contributed by atoms with van der Waals surface area (Å²) in [6, 6.07) is 0. The van der Waals surface area contributed by atoms with Gasteiger partial charge in [0.05, 0.1) is 6.10 Å². The van der Waals surface area contributed by atoms with Crippen LogP contribution in [0.5, 0.6) is 0 Å². The van der Waals surface area contributed by atoms with Crippen LogP contribution in [0.4, 0.5) is 0 Å². The normalized spacial score (nSPS) is 45.7. The SMILES string of the molecule is C[C@H](CO[Si](C)(C)C(C)(C)C)[C@H]1CC[C@H]2[C@@H]3C(O)CC4CC(=O)CC[C@]4(C)[C@H]3CC[C@]12C. The lowest BCUT2D eigenvalue weighted by Gasteiger charge is -2.62. The van der Waals surface area contributed by atoms with E-state index in [0.29, 0.717) is 53.1 Å². The Morgan fingerprint density at radius 2 is 1.75 bits per heavy atom. The highest BCUT2D eigenvalue weighted by atomic mass is 28.4. The van der Waals surface area contributed by atoms with Crippen molar-refractivity contribution in [3.63, 3.8) is 0 Å². The molecule has 32 heavy (non-hydrogen) atoms. The average molecular weight is 463 g/mol. The minimum atomic E-state index is -1.73. The summed E-state index contributed by atoms with van der Waals surface area (Å²) < 4.78 is 6.67. The van der Waals surface area contributed by atoms with Gasteiger partial charge in [0, 0.05) is 19.4 Å². The number of ketones is 1. The number of fused-ring (bicyclic) bond motifs is 5. The molecule has 2 unspecified atom stereocenters. The fraction of sp³-hybridized carbons (Fsp3) is 0.964. The second-order valence-corrected chi connectivity index (χ2v) is 19.1. The maximum atomic E-state index is 12.2. The lowest BCUT2D eigenvalue weighted by molar-refractivity contribution is -0.169. The molecule has 4 heteroatoms. The molecule has 4 fully saturated rings. The molecule has 0 bridgehead atoms. The largest absolute Gasteiger partial charge is 0.417 e. The van der Waals surface area contributed by atoms with Crippen LogP contribution in [0.3, 0.4) is 0 Å². The summed E-state index contributed by atoms with van der Waals surface area (Å²) in [6.45, 7) is 20.1. The molecule has 0 spiro atoms. The van der Waals surface area contributed by atoms with E-state index in [4.69, 9.17) is 4.43 Å². The minimum absolute atomic E-state index is 0.217. The Kier molecular flexibility index (Phi) is 6.38. The van der Waals surface area contributed by atoms with E-state index in [0.717, 1.165) is 25.9 Å². The second-order valence-electron chi connectivity index (χ2n) is 14.3. The average Bonchev–Trinajstić information content (AvgIpc) is 3.04. The Hall–Kier alpha value is -0.193. The topological polar surface area (TPSA) is 46.5 Å². The summed E-state index contributed by atoms with van der Waals surface area (Å²) in [4.78, 5) is 12.2. The molecule has 0 saturated heterocycles. The molecule has 0 aromatic carbocycles. The molecule has 0 aromatic heterocycles. The van der Waals surface area contributed by atoms with Crippen molar-refractivity contribution >= 4 is 14.1 Å². The molecule has 0 heterocycles. The lowest BCUT2D eigenvalue weighted by Crippen LogP contribution is -2.58. The Bertz CT molecular complexity index is 727. The van der Waals surface area contributed by atoms with Gasteiger partial charge in [0.2, 0.25) is 0 Å². The molecule has 0 aromatic rings. The molecule has 4 aliphatic rings. The van der Waals surface area contributed by atoms with Crippen LogP contribution < -0.4 is 0 Å². The van der Waals surface area contributed by atoms with Crippen molar-refractivity contribution in [2.45, 2.75) is 117 Å². The number of rotatable bonds is 4. The predicted molar refractivity (Wildman–Crippen MR) is 134 cm³/mol. The highest BCUT2D eigenvalue weighted by molar-refractivity contribution is 6.74. The summed E-state index contributed by atoms with van der Waals surface area (Å²) in [5.74, 6) is 3.76. The second kappa shape index (κ2) is 8.19. The molecular weight excluding hydrogens is 412 g/mol. The van der Waals surface area contributed by atoms with Crippen molar-refractivity contribution in [1.29, 1.82) is 0 Å². The molecule has 184 valence electrons. The van der Waals surface area contributed by atoms with E-state index in [9.17, 15) is 9.90 Å². The van der Waals surface area contributed by atoms with Crippen molar-refractivity contribution in [3.05, 3.63) is 0 Å². The standard InChI is InChI=1S/C28H50O3Si/c1-18(17-31-32(7,8)26(2,3)4)21-9-10-22-25-23(12-14-28(21,22)6)27(5)13-11-20(29)15-19(27)16-24(25)30/h18-19,21-25,30H,9-17H2,1-8H3/t18-,19?,21-,22+,23+,24?,25+,27+,28-/m1/s1. The fourth-order valence-electron chi connectivity index (χ4n) is 8.66. The van der Waals surface area contributed by atoms with Crippen LogP contribution in [0, 0.1) is 46.3 Å². The van der Waals surface area contributed by atoms with Gasteiger partial charge in [-0.25, -0.2) is 0 Å². The third kappa shape index (κ3) is 3.88. The van der Waals surface area contributed by atoms with Crippen LogP contribution in [0.1, 0.15) is 92.9 Å². The number of hydrogen-bond acceptors (Lipinski definition) is 3. The molecule has 1 N–H and O–H groups in total. The van der Waals surface area contributed by atoms with E-state index in [-0.39, 0.29) is 16.6 Å². The van der Waals surface area contributed by atoms with E-state index in [2.05, 4.69) is 54.6 Å². The fourth-order valence-corrected chi connectivity index (χ4v) is 9.77. The van der Waals surface area contributed by atoms with Crippen LogP contribution in [-0.2, 0) is 9.22 Å². The molecule has 3 nitrogen and oxygen atoms in total. The van der Waals surface area contributed by atoms with Crippen molar-refractivity contribution in [2.24, 2.45) is 46.3 Å². The maximum absolute atomic E-state index is 12.2. The Morgan fingerprint density at radius 1 is 1.09 bits per heavy atom. The zero-order valence-corrected chi connectivity index (χ0v) is 23.2. The van der Waals surface area contributed by atoms with Crippen LogP contribution in [0.15, 0.2) is 0 Å². The van der Waals surface area contributed by atoms with Gasteiger partial charge in [0.1, 0.15) is 5.78 Å². The highest BCUT2D eigenvalue weighted by Crippen LogP contribution is 2.68. The van der Waals surface area contributed by atoms with E-state index in [1.54, 1.807) is 0 Å². The van der Waals surface area contributed by atoms with E-state index < -0.39 is 8.32 Å². The van der Waals surface area contributed by atoms with Crippen LogP contribution in [0.2, 0.25) is 18.1 Å². The quantitative estimate of drug-likeness (QED) is 0.465. The first-order valence-corrected chi connectivity index (χ1v) is 16.5. The lowest BCUT2D eigenvalue weighted by atomic mass is 9.44.